The van der Waals surface area contributed by atoms with E-state index in [4.69, 9.17) is 4.98 Å². The minimum atomic E-state index is 0.814. The molecular weight excluding hydrogens is 310 g/mol. The molecule has 5 heteroatoms. The van der Waals surface area contributed by atoms with Crippen LogP contribution in [0.2, 0.25) is 0 Å². The van der Waals surface area contributed by atoms with E-state index in [1.807, 2.05) is 12.3 Å². The van der Waals surface area contributed by atoms with Gasteiger partial charge in [-0.25, -0.2) is 4.98 Å². The van der Waals surface area contributed by atoms with Gasteiger partial charge in [-0.3, -0.25) is 0 Å². The predicted octanol–water partition coefficient (Wildman–Crippen LogP) is 3.85. The van der Waals surface area contributed by atoms with Gasteiger partial charge in [0.05, 0.1) is 0 Å². The summed E-state index contributed by atoms with van der Waals surface area (Å²) in [6, 6.07) is 10.4. The highest BCUT2D eigenvalue weighted by atomic mass is 15.3. The zero-order valence-corrected chi connectivity index (χ0v) is 14.7. The monoisotopic (exact) mass is 335 g/mol. The number of rotatable bonds is 5. The summed E-state index contributed by atoms with van der Waals surface area (Å²) in [4.78, 5) is 14.8. The quantitative estimate of drug-likeness (QED) is 0.743. The first-order valence-electron chi connectivity index (χ1n) is 9.16. The lowest BCUT2D eigenvalue weighted by molar-refractivity contribution is 0.434. The van der Waals surface area contributed by atoms with Crippen molar-refractivity contribution in [3.8, 4) is 0 Å². The average Bonchev–Trinajstić information content (AvgIpc) is 3.06. The first-order valence-corrected chi connectivity index (χ1v) is 9.16. The molecule has 5 nitrogen and oxygen atoms in total. The molecule has 0 amide bonds. The predicted molar refractivity (Wildman–Crippen MR) is 103 cm³/mol. The Balaban J connectivity index is 1.37. The number of benzene rings is 1. The van der Waals surface area contributed by atoms with Crippen LogP contribution in [0.15, 0.2) is 42.7 Å². The molecule has 0 aliphatic carbocycles. The molecule has 2 N–H and O–H groups in total. The van der Waals surface area contributed by atoms with E-state index in [-0.39, 0.29) is 0 Å². The van der Waals surface area contributed by atoms with Crippen molar-refractivity contribution in [1.29, 1.82) is 0 Å². The van der Waals surface area contributed by atoms with Crippen LogP contribution in [0.5, 0.6) is 0 Å². The molecule has 0 radical (unpaired) electrons. The Bertz CT molecular complexity index is 833. The molecule has 1 aromatic carbocycles. The lowest BCUT2D eigenvalue weighted by Crippen LogP contribution is -2.34. The molecule has 4 rings (SSSR count). The fraction of sp³-hybridized carbons (Fsp3) is 0.400. The van der Waals surface area contributed by atoms with Crippen molar-refractivity contribution in [1.82, 2.24) is 15.0 Å². The number of nitrogens with one attached hydrogen (secondary N) is 2. The van der Waals surface area contributed by atoms with Crippen LogP contribution in [0.25, 0.3) is 10.9 Å². The van der Waals surface area contributed by atoms with Crippen LogP contribution in [0.4, 0.5) is 11.8 Å². The van der Waals surface area contributed by atoms with E-state index in [0.29, 0.717) is 0 Å². The number of fused-ring (bicyclic) bond motifs is 1. The number of para-hydroxylation sites is 1. The van der Waals surface area contributed by atoms with Crippen molar-refractivity contribution >= 4 is 22.7 Å². The van der Waals surface area contributed by atoms with E-state index in [9.17, 15) is 0 Å². The number of hydrogen-bond donors (Lipinski definition) is 2. The number of anilines is 2. The van der Waals surface area contributed by atoms with Crippen molar-refractivity contribution in [3.05, 3.63) is 48.3 Å². The van der Waals surface area contributed by atoms with Gasteiger partial charge in [-0.2, -0.15) is 4.98 Å². The van der Waals surface area contributed by atoms with E-state index in [1.54, 1.807) is 0 Å². The molecular formula is C20H25N5. The molecule has 1 aliphatic heterocycles. The molecule has 0 saturated carbocycles. The van der Waals surface area contributed by atoms with Crippen LogP contribution in [0, 0.1) is 5.92 Å². The van der Waals surface area contributed by atoms with E-state index in [1.165, 1.54) is 29.3 Å². The number of H-pyrrole nitrogens is 1. The standard InChI is InChI=1S/C20H25N5/c1-15-8-12-25(13-9-15)20-22-11-7-19(24-20)21-10-6-16-14-23-18-5-3-2-4-17(16)18/h2-5,7,11,14-15,23H,6,8-10,12-13H2,1H3,(H,21,22,24). The number of piperidine rings is 1. The molecule has 0 atom stereocenters. The number of aromatic nitrogens is 3. The molecule has 1 aliphatic rings. The van der Waals surface area contributed by atoms with Gasteiger partial charge in [-0.05, 0) is 42.9 Å². The molecule has 130 valence electrons. The lowest BCUT2D eigenvalue weighted by atomic mass is 10.00. The molecule has 0 spiro atoms. The van der Waals surface area contributed by atoms with E-state index < -0.39 is 0 Å². The summed E-state index contributed by atoms with van der Waals surface area (Å²) in [5.41, 5.74) is 2.53. The summed E-state index contributed by atoms with van der Waals surface area (Å²) in [7, 11) is 0. The third-order valence-corrected chi connectivity index (χ3v) is 5.08. The second-order valence-electron chi connectivity index (χ2n) is 6.95. The summed E-state index contributed by atoms with van der Waals surface area (Å²) in [5.74, 6) is 2.57. The number of aromatic amines is 1. The van der Waals surface area contributed by atoms with E-state index in [2.05, 4.69) is 57.6 Å². The topological polar surface area (TPSA) is 56.8 Å². The van der Waals surface area contributed by atoms with Crippen LogP contribution in [0.3, 0.4) is 0 Å². The van der Waals surface area contributed by atoms with Crippen LogP contribution >= 0.6 is 0 Å². The van der Waals surface area contributed by atoms with Gasteiger partial charge in [0.2, 0.25) is 5.95 Å². The van der Waals surface area contributed by atoms with E-state index >= 15 is 0 Å². The fourth-order valence-corrected chi connectivity index (χ4v) is 3.47. The molecule has 0 bridgehead atoms. The molecule has 2 aromatic heterocycles. The maximum absolute atomic E-state index is 4.70. The summed E-state index contributed by atoms with van der Waals surface area (Å²) in [6.07, 6.45) is 7.37. The van der Waals surface area contributed by atoms with Gasteiger partial charge in [-0.1, -0.05) is 25.1 Å². The normalized spacial score (nSPS) is 15.6. The Morgan fingerprint density at radius 1 is 1.20 bits per heavy atom. The fourth-order valence-electron chi connectivity index (χ4n) is 3.47. The minimum absolute atomic E-state index is 0.814. The Labute approximate surface area is 148 Å². The van der Waals surface area contributed by atoms with Crippen molar-refractivity contribution in [3.63, 3.8) is 0 Å². The van der Waals surface area contributed by atoms with Crippen molar-refractivity contribution in [2.45, 2.75) is 26.2 Å². The molecule has 1 fully saturated rings. The largest absolute Gasteiger partial charge is 0.370 e. The van der Waals surface area contributed by atoms with Gasteiger partial charge in [0.15, 0.2) is 0 Å². The molecule has 1 saturated heterocycles. The minimum Gasteiger partial charge on any atom is -0.370 e. The van der Waals surface area contributed by atoms with Gasteiger partial charge in [0.25, 0.3) is 0 Å². The van der Waals surface area contributed by atoms with Crippen LogP contribution in [-0.4, -0.2) is 34.6 Å². The van der Waals surface area contributed by atoms with Crippen molar-refractivity contribution in [2.24, 2.45) is 5.92 Å². The summed E-state index contributed by atoms with van der Waals surface area (Å²) >= 11 is 0. The van der Waals surface area contributed by atoms with Gasteiger partial charge in [-0.15, -0.1) is 0 Å². The molecule has 3 aromatic rings. The van der Waals surface area contributed by atoms with Crippen LogP contribution < -0.4 is 10.2 Å². The SMILES string of the molecule is CC1CCN(c2nccc(NCCc3c[nH]c4ccccc34)n2)CC1. The Kier molecular flexibility index (Phi) is 4.55. The maximum atomic E-state index is 4.70. The van der Waals surface area contributed by atoms with Crippen LogP contribution in [0.1, 0.15) is 25.3 Å². The highest BCUT2D eigenvalue weighted by Crippen LogP contribution is 2.21. The Morgan fingerprint density at radius 3 is 2.92 bits per heavy atom. The molecule has 0 unspecified atom stereocenters. The van der Waals surface area contributed by atoms with Gasteiger partial charge < -0.3 is 15.2 Å². The third-order valence-electron chi connectivity index (χ3n) is 5.08. The summed E-state index contributed by atoms with van der Waals surface area (Å²) < 4.78 is 0. The Morgan fingerprint density at radius 2 is 2.04 bits per heavy atom. The molecule has 25 heavy (non-hydrogen) atoms. The summed E-state index contributed by atoms with van der Waals surface area (Å²) in [6.45, 7) is 5.29. The zero-order valence-electron chi connectivity index (χ0n) is 14.7. The van der Waals surface area contributed by atoms with E-state index in [0.717, 1.165) is 43.7 Å². The third kappa shape index (κ3) is 3.60. The average molecular weight is 335 g/mol. The van der Waals surface area contributed by atoms with Crippen molar-refractivity contribution in [2.75, 3.05) is 29.9 Å². The van der Waals surface area contributed by atoms with Gasteiger partial charge in [0.1, 0.15) is 5.82 Å². The second-order valence-corrected chi connectivity index (χ2v) is 6.95. The smallest absolute Gasteiger partial charge is 0.227 e. The highest BCUT2D eigenvalue weighted by molar-refractivity contribution is 5.83. The lowest BCUT2D eigenvalue weighted by Gasteiger charge is -2.30. The van der Waals surface area contributed by atoms with Crippen molar-refractivity contribution < 1.29 is 0 Å². The van der Waals surface area contributed by atoms with Crippen LogP contribution in [-0.2, 0) is 6.42 Å². The number of nitrogens with zero attached hydrogens (tertiary/aromatic N) is 3. The van der Waals surface area contributed by atoms with Gasteiger partial charge in [0, 0.05) is 42.9 Å². The Hall–Kier alpha value is -2.56. The highest BCUT2D eigenvalue weighted by Gasteiger charge is 2.18. The first kappa shape index (κ1) is 15.9. The second kappa shape index (κ2) is 7.13. The maximum Gasteiger partial charge on any atom is 0.227 e. The first-order chi connectivity index (χ1) is 12.3. The number of hydrogen-bond acceptors (Lipinski definition) is 4. The zero-order chi connectivity index (χ0) is 17.1. The molecule has 3 heterocycles. The summed E-state index contributed by atoms with van der Waals surface area (Å²) in [5, 5.41) is 4.75. The van der Waals surface area contributed by atoms with Gasteiger partial charge >= 0.3 is 0 Å².